The van der Waals surface area contributed by atoms with Gasteiger partial charge in [-0.25, -0.2) is 4.98 Å². The van der Waals surface area contributed by atoms with E-state index >= 15 is 0 Å². The van der Waals surface area contributed by atoms with Gasteiger partial charge in [0.25, 0.3) is 0 Å². The molecule has 1 aromatic heterocycles. The number of nitrogens with zero attached hydrogens (tertiary/aromatic N) is 4. The summed E-state index contributed by atoms with van der Waals surface area (Å²) in [4.78, 5) is 11.6. The number of nitrogens with one attached hydrogen (secondary N) is 1. The molecular weight excluding hydrogens is 398 g/mol. The zero-order valence-electron chi connectivity index (χ0n) is 14.0. The van der Waals surface area contributed by atoms with E-state index in [1.165, 1.54) is 11.3 Å². The molecule has 2 aliphatic heterocycles. The maximum atomic E-state index is 4.83. The van der Waals surface area contributed by atoms with Gasteiger partial charge >= 0.3 is 0 Å². The highest BCUT2D eigenvalue weighted by molar-refractivity contribution is 9.10. The molecule has 0 bridgehead atoms. The van der Waals surface area contributed by atoms with Crippen molar-refractivity contribution in [2.45, 2.75) is 31.7 Å². The Bertz CT molecular complexity index is 748. The molecule has 4 rings (SSSR count). The summed E-state index contributed by atoms with van der Waals surface area (Å²) < 4.78 is 3.00. The predicted octanol–water partition coefficient (Wildman–Crippen LogP) is 4.04. The van der Waals surface area contributed by atoms with Crippen molar-refractivity contribution >= 4 is 46.2 Å². The molecule has 0 unspecified atom stereocenters. The van der Waals surface area contributed by atoms with E-state index in [1.807, 2.05) is 6.20 Å². The lowest BCUT2D eigenvalue weighted by molar-refractivity contribution is 0.361. The quantitative estimate of drug-likeness (QED) is 0.734. The summed E-state index contributed by atoms with van der Waals surface area (Å²) >= 11 is 8.05. The van der Waals surface area contributed by atoms with E-state index in [4.69, 9.17) is 4.98 Å². The maximum Gasteiger partial charge on any atom is 0.224 e. The summed E-state index contributed by atoms with van der Waals surface area (Å²) in [7, 11) is 0. The van der Waals surface area contributed by atoms with E-state index in [0.717, 1.165) is 55.6 Å². The fraction of sp³-hybridized carbons (Fsp3) is 0.444. The normalized spacial score (nSPS) is 18.9. The first-order chi connectivity index (χ1) is 12.2. The number of thiol groups is 1. The van der Waals surface area contributed by atoms with Crippen LogP contribution in [0.1, 0.15) is 24.8 Å². The second kappa shape index (κ2) is 7.51. The number of hydrogen-bond donors (Lipinski definition) is 2. The van der Waals surface area contributed by atoms with Crippen molar-refractivity contribution in [1.82, 2.24) is 14.3 Å². The molecule has 0 amide bonds. The first-order valence-electron chi connectivity index (χ1n) is 8.79. The molecule has 25 heavy (non-hydrogen) atoms. The number of rotatable bonds is 3. The van der Waals surface area contributed by atoms with Gasteiger partial charge in [0, 0.05) is 37.6 Å². The topological polar surface area (TPSA) is 44.3 Å². The van der Waals surface area contributed by atoms with Crippen LogP contribution in [0, 0.1) is 0 Å². The molecule has 0 radical (unpaired) electrons. The fourth-order valence-corrected chi connectivity index (χ4v) is 4.20. The molecule has 132 valence electrons. The Balaban J connectivity index is 1.58. The van der Waals surface area contributed by atoms with E-state index in [0.29, 0.717) is 12.0 Å². The molecule has 1 N–H and O–H groups in total. The van der Waals surface area contributed by atoms with Gasteiger partial charge < -0.3 is 10.2 Å². The highest BCUT2D eigenvalue weighted by Crippen LogP contribution is 2.36. The molecule has 0 saturated carbocycles. The number of benzene rings is 1. The Morgan fingerprint density at radius 3 is 2.80 bits per heavy atom. The fourth-order valence-electron chi connectivity index (χ4n) is 3.56. The second-order valence-corrected chi connectivity index (χ2v) is 8.04. The minimum Gasteiger partial charge on any atom is -0.351 e. The molecule has 0 spiro atoms. The lowest BCUT2D eigenvalue weighted by Gasteiger charge is -2.32. The summed E-state index contributed by atoms with van der Waals surface area (Å²) in [6, 6.07) is 9.00. The third kappa shape index (κ3) is 3.78. The van der Waals surface area contributed by atoms with Gasteiger partial charge in [0.2, 0.25) is 5.95 Å². The van der Waals surface area contributed by atoms with Gasteiger partial charge in [-0.3, -0.25) is 4.31 Å². The van der Waals surface area contributed by atoms with E-state index in [-0.39, 0.29) is 0 Å². The summed E-state index contributed by atoms with van der Waals surface area (Å²) in [5, 5.41) is 3.50. The third-order valence-corrected chi connectivity index (χ3v) is 5.86. The minimum atomic E-state index is 0.408. The number of para-hydroxylation sites is 1. The number of aromatic nitrogens is 2. The Morgan fingerprint density at radius 1 is 1.16 bits per heavy atom. The van der Waals surface area contributed by atoms with Crippen molar-refractivity contribution in [2.75, 3.05) is 29.9 Å². The summed E-state index contributed by atoms with van der Waals surface area (Å²) in [6.45, 7) is 2.96. The Hall–Kier alpha value is -1.31. The third-order valence-electron chi connectivity index (χ3n) is 4.90. The molecule has 1 saturated heterocycles. The summed E-state index contributed by atoms with van der Waals surface area (Å²) in [5.74, 6) is 1.65. The van der Waals surface area contributed by atoms with Gasteiger partial charge in [-0.1, -0.05) is 31.0 Å². The number of piperidine rings is 1. The van der Waals surface area contributed by atoms with Gasteiger partial charge in [-0.2, -0.15) is 4.98 Å². The van der Waals surface area contributed by atoms with Crippen molar-refractivity contribution in [2.24, 2.45) is 0 Å². The van der Waals surface area contributed by atoms with Crippen LogP contribution in [0.3, 0.4) is 0 Å². The zero-order valence-corrected chi connectivity index (χ0v) is 16.5. The minimum absolute atomic E-state index is 0.408. The van der Waals surface area contributed by atoms with Crippen molar-refractivity contribution < 1.29 is 0 Å². The van der Waals surface area contributed by atoms with Gasteiger partial charge in [-0.15, -0.1) is 0 Å². The summed E-state index contributed by atoms with van der Waals surface area (Å²) in [6.07, 6.45) is 6.24. The van der Waals surface area contributed by atoms with Crippen molar-refractivity contribution in [3.63, 3.8) is 0 Å². The number of hydrogen-bond acceptors (Lipinski definition) is 6. The van der Waals surface area contributed by atoms with Gasteiger partial charge in [0.15, 0.2) is 5.82 Å². The average molecular weight is 420 g/mol. The van der Waals surface area contributed by atoms with Gasteiger partial charge in [-0.05, 0) is 53.2 Å². The highest BCUT2D eigenvalue weighted by atomic mass is 79.9. The van der Waals surface area contributed by atoms with E-state index in [1.54, 1.807) is 0 Å². The number of halogens is 1. The van der Waals surface area contributed by atoms with Gasteiger partial charge in [0.1, 0.15) is 0 Å². The molecule has 0 aliphatic carbocycles. The highest BCUT2D eigenvalue weighted by Gasteiger charge is 2.23. The molecule has 1 fully saturated rings. The van der Waals surface area contributed by atoms with Crippen molar-refractivity contribution in [3.05, 3.63) is 40.5 Å². The van der Waals surface area contributed by atoms with Crippen LogP contribution in [0.25, 0.3) is 0 Å². The molecular formula is C18H22BrN5S. The van der Waals surface area contributed by atoms with E-state index in [2.05, 4.69) is 72.5 Å². The standard InChI is InChI=1S/C18H22BrN5S/c19-15-12-20-18(21-14-7-10-23(25)11-8-14)22-17(15)24-9-3-5-13-4-1-2-6-16(13)24/h1-2,4,6,12,14,25H,3,5,7-11H2,(H,20,21,22). The lowest BCUT2D eigenvalue weighted by Crippen LogP contribution is -2.35. The van der Waals surface area contributed by atoms with Gasteiger partial charge in [0.05, 0.1) is 4.47 Å². The summed E-state index contributed by atoms with van der Waals surface area (Å²) in [5.41, 5.74) is 2.64. The van der Waals surface area contributed by atoms with Crippen LogP contribution >= 0.6 is 28.7 Å². The Morgan fingerprint density at radius 2 is 1.96 bits per heavy atom. The molecule has 5 nitrogen and oxygen atoms in total. The molecule has 3 heterocycles. The van der Waals surface area contributed by atoms with E-state index < -0.39 is 0 Å². The van der Waals surface area contributed by atoms with Crippen LogP contribution in [-0.4, -0.2) is 39.9 Å². The molecule has 2 aromatic rings. The van der Waals surface area contributed by atoms with Crippen LogP contribution < -0.4 is 10.2 Å². The largest absolute Gasteiger partial charge is 0.351 e. The number of anilines is 3. The molecule has 0 atom stereocenters. The molecule has 2 aliphatic rings. The van der Waals surface area contributed by atoms with Crippen LogP contribution in [0.2, 0.25) is 0 Å². The van der Waals surface area contributed by atoms with Crippen LogP contribution in [0.5, 0.6) is 0 Å². The number of aryl methyl sites for hydroxylation is 1. The van der Waals surface area contributed by atoms with Crippen LogP contribution in [0.4, 0.5) is 17.5 Å². The zero-order chi connectivity index (χ0) is 17.2. The molecule has 1 aromatic carbocycles. The molecule has 7 heteroatoms. The number of fused-ring (bicyclic) bond motifs is 1. The van der Waals surface area contributed by atoms with Crippen LogP contribution in [-0.2, 0) is 6.42 Å². The first kappa shape index (κ1) is 17.1. The van der Waals surface area contributed by atoms with Crippen LogP contribution in [0.15, 0.2) is 34.9 Å². The first-order valence-corrected chi connectivity index (χ1v) is 9.98. The Labute approximate surface area is 162 Å². The SMILES string of the molecule is SN1CCC(Nc2ncc(Br)c(N3CCCc4ccccc43)n2)CC1. The predicted molar refractivity (Wildman–Crippen MR) is 109 cm³/mol. The second-order valence-electron chi connectivity index (χ2n) is 6.62. The smallest absolute Gasteiger partial charge is 0.224 e. The monoisotopic (exact) mass is 419 g/mol. The average Bonchev–Trinajstić information content (AvgIpc) is 2.65. The van der Waals surface area contributed by atoms with Crippen molar-refractivity contribution in [1.29, 1.82) is 0 Å². The van der Waals surface area contributed by atoms with Crippen molar-refractivity contribution in [3.8, 4) is 0 Å². The maximum absolute atomic E-state index is 4.83. The lowest BCUT2D eigenvalue weighted by atomic mass is 10.0. The van der Waals surface area contributed by atoms with E-state index in [9.17, 15) is 0 Å². The Kier molecular flexibility index (Phi) is 5.15.